The molecule has 1 aliphatic heterocycles. The first kappa shape index (κ1) is 18.1. The van der Waals surface area contributed by atoms with Crippen molar-refractivity contribution >= 4 is 11.8 Å². The lowest BCUT2D eigenvalue weighted by atomic mass is 10.1. The topological polar surface area (TPSA) is 62.3 Å². The minimum atomic E-state index is -0.252. The van der Waals surface area contributed by atoms with Crippen molar-refractivity contribution in [2.45, 2.75) is 32.7 Å². The van der Waals surface area contributed by atoms with E-state index in [-0.39, 0.29) is 17.7 Å². The van der Waals surface area contributed by atoms with Crippen molar-refractivity contribution in [3.8, 4) is 0 Å². The Labute approximate surface area is 154 Å². The average molecular weight is 351 g/mol. The van der Waals surface area contributed by atoms with Crippen LogP contribution in [-0.4, -0.2) is 34.8 Å². The maximum atomic E-state index is 12.4. The van der Waals surface area contributed by atoms with Crippen LogP contribution in [0.3, 0.4) is 0 Å². The summed E-state index contributed by atoms with van der Waals surface area (Å²) in [6.07, 6.45) is 5.60. The number of carbonyl (C=O) groups is 2. The lowest BCUT2D eigenvalue weighted by Crippen LogP contribution is -2.33. The van der Waals surface area contributed by atoms with Gasteiger partial charge < -0.3 is 10.2 Å². The fourth-order valence-electron chi connectivity index (χ4n) is 3.33. The molecule has 1 aliphatic rings. The molecule has 2 aromatic rings. The zero-order valence-electron chi connectivity index (χ0n) is 15.1. The van der Waals surface area contributed by atoms with Gasteiger partial charge in [0, 0.05) is 38.4 Å². The monoisotopic (exact) mass is 351 g/mol. The number of hydrogen-bond donors (Lipinski definition) is 1. The predicted molar refractivity (Wildman–Crippen MR) is 100 cm³/mol. The van der Waals surface area contributed by atoms with Crippen molar-refractivity contribution in [1.29, 1.82) is 0 Å². The number of nitrogens with one attached hydrogen (secondary N) is 1. The number of nitrogens with zero attached hydrogens (tertiary/aromatic N) is 2. The van der Waals surface area contributed by atoms with Gasteiger partial charge in [-0.3, -0.25) is 14.6 Å². The van der Waals surface area contributed by atoms with Crippen LogP contribution in [0.15, 0.2) is 48.8 Å². The molecule has 26 heavy (non-hydrogen) atoms. The van der Waals surface area contributed by atoms with Gasteiger partial charge in [-0.25, -0.2) is 0 Å². The SMILES string of the molecule is Cc1cccc(CCCNC(=O)[C@@H]2CC(=O)N(Cc3cccnc3)C2)c1. The second kappa shape index (κ2) is 8.61. The van der Waals surface area contributed by atoms with Gasteiger partial charge in [0.05, 0.1) is 5.92 Å². The van der Waals surface area contributed by atoms with E-state index >= 15 is 0 Å². The summed E-state index contributed by atoms with van der Waals surface area (Å²) in [5, 5.41) is 2.98. The number of benzene rings is 1. The van der Waals surface area contributed by atoms with Crippen molar-refractivity contribution in [1.82, 2.24) is 15.2 Å². The molecule has 1 aromatic heterocycles. The third kappa shape index (κ3) is 4.91. The highest BCUT2D eigenvalue weighted by molar-refractivity contribution is 5.89. The van der Waals surface area contributed by atoms with Crippen LogP contribution in [-0.2, 0) is 22.6 Å². The molecule has 0 spiro atoms. The van der Waals surface area contributed by atoms with Gasteiger partial charge in [-0.05, 0) is 37.0 Å². The summed E-state index contributed by atoms with van der Waals surface area (Å²) < 4.78 is 0. The van der Waals surface area contributed by atoms with Gasteiger partial charge in [0.2, 0.25) is 11.8 Å². The smallest absolute Gasteiger partial charge is 0.225 e. The van der Waals surface area contributed by atoms with Gasteiger partial charge in [0.15, 0.2) is 0 Å². The lowest BCUT2D eigenvalue weighted by Gasteiger charge is -2.16. The average Bonchev–Trinajstić information content (AvgIpc) is 3.00. The third-order valence-electron chi connectivity index (χ3n) is 4.71. The molecule has 1 aromatic carbocycles. The first-order valence-corrected chi connectivity index (χ1v) is 9.12. The van der Waals surface area contributed by atoms with Gasteiger partial charge in [0.25, 0.3) is 0 Å². The maximum Gasteiger partial charge on any atom is 0.225 e. The summed E-state index contributed by atoms with van der Waals surface area (Å²) in [6.45, 7) is 3.72. The van der Waals surface area contributed by atoms with E-state index in [0.717, 1.165) is 18.4 Å². The molecule has 1 saturated heterocycles. The van der Waals surface area contributed by atoms with Gasteiger partial charge in [-0.1, -0.05) is 35.9 Å². The van der Waals surface area contributed by atoms with Gasteiger partial charge >= 0.3 is 0 Å². The Hall–Kier alpha value is -2.69. The molecular formula is C21H25N3O2. The van der Waals surface area contributed by atoms with Crippen LogP contribution in [0, 0.1) is 12.8 Å². The number of hydrogen-bond acceptors (Lipinski definition) is 3. The highest BCUT2D eigenvalue weighted by Gasteiger charge is 2.33. The number of carbonyl (C=O) groups excluding carboxylic acids is 2. The Morgan fingerprint density at radius 2 is 2.12 bits per heavy atom. The van der Waals surface area contributed by atoms with Gasteiger partial charge in [0.1, 0.15) is 0 Å². The summed E-state index contributed by atoms with van der Waals surface area (Å²) in [5.41, 5.74) is 3.53. The van der Waals surface area contributed by atoms with E-state index in [1.165, 1.54) is 11.1 Å². The van der Waals surface area contributed by atoms with E-state index in [9.17, 15) is 9.59 Å². The van der Waals surface area contributed by atoms with E-state index < -0.39 is 0 Å². The molecule has 0 aliphatic carbocycles. The van der Waals surface area contributed by atoms with Crippen LogP contribution in [0.1, 0.15) is 29.5 Å². The van der Waals surface area contributed by atoms with Crippen molar-refractivity contribution in [2.75, 3.05) is 13.1 Å². The van der Waals surface area contributed by atoms with E-state index in [2.05, 4.69) is 41.5 Å². The Morgan fingerprint density at radius 3 is 2.88 bits per heavy atom. The van der Waals surface area contributed by atoms with Crippen molar-refractivity contribution in [3.05, 3.63) is 65.5 Å². The number of amides is 2. The molecule has 0 saturated carbocycles. The normalized spacial score (nSPS) is 16.7. The molecule has 1 N–H and O–H groups in total. The first-order valence-electron chi connectivity index (χ1n) is 9.12. The van der Waals surface area contributed by atoms with E-state index in [1.807, 2.05) is 12.1 Å². The number of aryl methyl sites for hydroxylation is 2. The zero-order valence-corrected chi connectivity index (χ0v) is 15.1. The fourth-order valence-corrected chi connectivity index (χ4v) is 3.33. The largest absolute Gasteiger partial charge is 0.356 e. The number of aromatic nitrogens is 1. The van der Waals surface area contributed by atoms with E-state index in [0.29, 0.717) is 26.1 Å². The van der Waals surface area contributed by atoms with Crippen LogP contribution >= 0.6 is 0 Å². The minimum absolute atomic E-state index is 0.0173. The Balaban J connectivity index is 1.41. The second-order valence-corrected chi connectivity index (χ2v) is 6.92. The standard InChI is InChI=1S/C21H25N3O2/c1-16-5-2-6-17(11-16)7-4-10-23-21(26)19-12-20(25)24(15-19)14-18-8-3-9-22-13-18/h2-3,5-6,8-9,11,13,19H,4,7,10,12,14-15H2,1H3,(H,23,26)/t19-/m1/s1. The fraction of sp³-hybridized carbons (Fsp3) is 0.381. The third-order valence-corrected chi connectivity index (χ3v) is 4.71. The summed E-state index contributed by atoms with van der Waals surface area (Å²) in [5.74, 6) is -0.233. The van der Waals surface area contributed by atoms with Crippen molar-refractivity contribution in [2.24, 2.45) is 5.92 Å². The van der Waals surface area contributed by atoms with Crippen molar-refractivity contribution in [3.63, 3.8) is 0 Å². The molecule has 0 radical (unpaired) electrons. The molecule has 2 heterocycles. The number of likely N-dealkylation sites (tertiary alicyclic amines) is 1. The summed E-state index contributed by atoms with van der Waals surface area (Å²) >= 11 is 0. The van der Waals surface area contributed by atoms with Gasteiger partial charge in [-0.15, -0.1) is 0 Å². The molecule has 0 bridgehead atoms. The molecule has 5 nitrogen and oxygen atoms in total. The summed E-state index contributed by atoms with van der Waals surface area (Å²) in [4.78, 5) is 30.3. The van der Waals surface area contributed by atoms with Crippen LogP contribution in [0.5, 0.6) is 0 Å². The van der Waals surface area contributed by atoms with Crippen LogP contribution < -0.4 is 5.32 Å². The lowest BCUT2D eigenvalue weighted by molar-refractivity contribution is -0.129. The minimum Gasteiger partial charge on any atom is -0.356 e. The van der Waals surface area contributed by atoms with Gasteiger partial charge in [-0.2, -0.15) is 0 Å². The molecule has 0 unspecified atom stereocenters. The molecule has 2 amide bonds. The number of pyridine rings is 1. The Kier molecular flexibility index (Phi) is 6.00. The zero-order chi connectivity index (χ0) is 18.4. The molecule has 136 valence electrons. The molecule has 5 heteroatoms. The summed E-state index contributed by atoms with van der Waals surface area (Å²) in [7, 11) is 0. The molecular weight excluding hydrogens is 326 g/mol. The second-order valence-electron chi connectivity index (χ2n) is 6.92. The van der Waals surface area contributed by atoms with Crippen LogP contribution in [0.25, 0.3) is 0 Å². The maximum absolute atomic E-state index is 12.4. The highest BCUT2D eigenvalue weighted by Crippen LogP contribution is 2.20. The van der Waals surface area contributed by atoms with Crippen LogP contribution in [0.4, 0.5) is 0 Å². The molecule has 1 fully saturated rings. The van der Waals surface area contributed by atoms with Crippen LogP contribution in [0.2, 0.25) is 0 Å². The Bertz CT molecular complexity index is 761. The predicted octanol–water partition coefficient (Wildman–Crippen LogP) is 2.49. The molecule has 1 atom stereocenters. The van der Waals surface area contributed by atoms with E-state index in [4.69, 9.17) is 0 Å². The quantitative estimate of drug-likeness (QED) is 0.780. The van der Waals surface area contributed by atoms with Crippen molar-refractivity contribution < 1.29 is 9.59 Å². The molecule has 3 rings (SSSR count). The highest BCUT2D eigenvalue weighted by atomic mass is 16.2. The Morgan fingerprint density at radius 1 is 1.27 bits per heavy atom. The van der Waals surface area contributed by atoms with E-state index in [1.54, 1.807) is 17.3 Å². The number of rotatable bonds is 7. The first-order chi connectivity index (χ1) is 12.6. The summed E-state index contributed by atoms with van der Waals surface area (Å²) in [6, 6.07) is 12.2.